The van der Waals surface area contributed by atoms with Crippen LogP contribution >= 0.6 is 11.6 Å². The van der Waals surface area contributed by atoms with Crippen molar-refractivity contribution in [3.05, 3.63) is 0 Å². The van der Waals surface area contributed by atoms with Crippen LogP contribution < -0.4 is 0 Å². The molecule has 1 aliphatic heterocycles. The first-order valence-corrected chi connectivity index (χ1v) is 6.73. The maximum absolute atomic E-state index is 6.10. The Morgan fingerprint density at radius 2 is 2.25 bits per heavy atom. The third kappa shape index (κ3) is 3.10. The maximum Gasteiger partial charge on any atom is 0.100 e. The van der Waals surface area contributed by atoms with Crippen LogP contribution in [0, 0.1) is 0 Å². The van der Waals surface area contributed by atoms with Gasteiger partial charge in [0, 0.05) is 13.2 Å². The summed E-state index contributed by atoms with van der Waals surface area (Å²) in [5, 5.41) is 0.126. The van der Waals surface area contributed by atoms with E-state index in [2.05, 4.69) is 6.92 Å². The SMILES string of the molecule is CCCOC1C(Cl)CC1OCC1CCCO1. The molecule has 94 valence electrons. The summed E-state index contributed by atoms with van der Waals surface area (Å²) in [4.78, 5) is 0. The Morgan fingerprint density at radius 1 is 1.38 bits per heavy atom. The molecule has 1 saturated heterocycles. The molecule has 4 atom stereocenters. The lowest BCUT2D eigenvalue weighted by atomic mass is 9.91. The highest BCUT2D eigenvalue weighted by atomic mass is 35.5. The van der Waals surface area contributed by atoms with Gasteiger partial charge in [-0.2, -0.15) is 0 Å². The molecule has 0 bridgehead atoms. The quantitative estimate of drug-likeness (QED) is 0.676. The highest BCUT2D eigenvalue weighted by Crippen LogP contribution is 2.32. The van der Waals surface area contributed by atoms with E-state index in [1.54, 1.807) is 0 Å². The Labute approximate surface area is 102 Å². The molecule has 2 aliphatic rings. The molecule has 0 aromatic carbocycles. The minimum Gasteiger partial charge on any atom is -0.376 e. The monoisotopic (exact) mass is 248 g/mol. The molecule has 0 radical (unpaired) electrons. The van der Waals surface area contributed by atoms with Gasteiger partial charge in [-0.05, 0) is 25.7 Å². The minimum absolute atomic E-state index is 0.0861. The summed E-state index contributed by atoms with van der Waals surface area (Å²) in [7, 11) is 0. The minimum atomic E-state index is 0.0861. The molecular formula is C12H21ClO3. The lowest BCUT2D eigenvalue weighted by Crippen LogP contribution is -2.51. The van der Waals surface area contributed by atoms with Crippen molar-refractivity contribution in [2.75, 3.05) is 19.8 Å². The summed E-state index contributed by atoms with van der Waals surface area (Å²) in [5.74, 6) is 0. The molecule has 0 amide bonds. The average molecular weight is 249 g/mol. The van der Waals surface area contributed by atoms with E-state index in [9.17, 15) is 0 Å². The maximum atomic E-state index is 6.10. The fraction of sp³-hybridized carbons (Fsp3) is 1.00. The predicted octanol–water partition coefficient (Wildman–Crippen LogP) is 2.36. The van der Waals surface area contributed by atoms with E-state index in [0.717, 1.165) is 38.9 Å². The van der Waals surface area contributed by atoms with Crippen molar-refractivity contribution in [1.29, 1.82) is 0 Å². The zero-order valence-corrected chi connectivity index (χ0v) is 10.6. The highest BCUT2D eigenvalue weighted by Gasteiger charge is 2.42. The molecule has 4 heteroatoms. The molecule has 4 unspecified atom stereocenters. The number of hydrogen-bond donors (Lipinski definition) is 0. The molecule has 3 nitrogen and oxygen atoms in total. The molecule has 2 rings (SSSR count). The summed E-state index contributed by atoms with van der Waals surface area (Å²) >= 11 is 6.10. The predicted molar refractivity (Wildman–Crippen MR) is 63.0 cm³/mol. The summed E-state index contributed by atoms with van der Waals surface area (Å²) in [6.45, 7) is 4.45. The Bertz CT molecular complexity index is 206. The van der Waals surface area contributed by atoms with Crippen LogP contribution in [0.5, 0.6) is 0 Å². The largest absolute Gasteiger partial charge is 0.376 e. The molecule has 0 spiro atoms. The topological polar surface area (TPSA) is 27.7 Å². The summed E-state index contributed by atoms with van der Waals surface area (Å²) in [5.41, 5.74) is 0. The Kier molecular flexibility index (Phi) is 4.89. The van der Waals surface area contributed by atoms with Gasteiger partial charge in [0.15, 0.2) is 0 Å². The molecule has 0 N–H and O–H groups in total. The molecule has 16 heavy (non-hydrogen) atoms. The zero-order valence-electron chi connectivity index (χ0n) is 9.86. The van der Waals surface area contributed by atoms with Gasteiger partial charge >= 0.3 is 0 Å². The van der Waals surface area contributed by atoms with Gasteiger partial charge in [0.05, 0.1) is 24.2 Å². The van der Waals surface area contributed by atoms with E-state index in [4.69, 9.17) is 25.8 Å². The van der Waals surface area contributed by atoms with Crippen LogP contribution in [0.1, 0.15) is 32.6 Å². The van der Waals surface area contributed by atoms with E-state index < -0.39 is 0 Å². The van der Waals surface area contributed by atoms with Crippen LogP contribution in [0.15, 0.2) is 0 Å². The molecule has 0 aromatic rings. The van der Waals surface area contributed by atoms with Gasteiger partial charge in [0.2, 0.25) is 0 Å². The Balaban J connectivity index is 1.64. The molecule has 2 fully saturated rings. The van der Waals surface area contributed by atoms with Gasteiger partial charge in [-0.25, -0.2) is 0 Å². The van der Waals surface area contributed by atoms with Crippen molar-refractivity contribution in [2.24, 2.45) is 0 Å². The van der Waals surface area contributed by atoms with Crippen molar-refractivity contribution >= 4 is 11.6 Å². The summed E-state index contributed by atoms with van der Waals surface area (Å²) in [6, 6.07) is 0. The third-order valence-corrected chi connectivity index (χ3v) is 3.64. The molecule has 1 saturated carbocycles. The van der Waals surface area contributed by atoms with Crippen LogP contribution in [0.2, 0.25) is 0 Å². The van der Waals surface area contributed by atoms with Gasteiger partial charge in [-0.1, -0.05) is 6.92 Å². The van der Waals surface area contributed by atoms with E-state index in [-0.39, 0.29) is 17.6 Å². The van der Waals surface area contributed by atoms with Crippen molar-refractivity contribution in [2.45, 2.75) is 56.3 Å². The fourth-order valence-electron chi connectivity index (χ4n) is 2.16. The second kappa shape index (κ2) is 6.20. The summed E-state index contributed by atoms with van der Waals surface area (Å²) < 4.78 is 17.0. The average Bonchev–Trinajstić information content (AvgIpc) is 2.77. The zero-order chi connectivity index (χ0) is 11.4. The standard InChI is InChI=1S/C12H21ClO3/c1-2-5-15-12-10(13)7-11(12)16-8-9-4-3-6-14-9/h9-12H,2-8H2,1H3. The van der Waals surface area contributed by atoms with Crippen molar-refractivity contribution in [3.63, 3.8) is 0 Å². The first-order valence-electron chi connectivity index (χ1n) is 6.30. The van der Waals surface area contributed by atoms with Crippen LogP contribution in [0.25, 0.3) is 0 Å². The number of hydrogen-bond acceptors (Lipinski definition) is 3. The molecular weight excluding hydrogens is 228 g/mol. The number of alkyl halides is 1. The van der Waals surface area contributed by atoms with Crippen LogP contribution in [0.3, 0.4) is 0 Å². The first-order chi connectivity index (χ1) is 7.81. The second-order valence-corrected chi connectivity index (χ2v) is 5.15. The Morgan fingerprint density at radius 3 is 2.88 bits per heavy atom. The number of rotatable bonds is 6. The Hall–Kier alpha value is 0.170. The van der Waals surface area contributed by atoms with E-state index in [0.29, 0.717) is 12.7 Å². The molecule has 0 aromatic heterocycles. The first kappa shape index (κ1) is 12.6. The highest BCUT2D eigenvalue weighted by molar-refractivity contribution is 6.21. The third-order valence-electron chi connectivity index (χ3n) is 3.21. The van der Waals surface area contributed by atoms with Crippen molar-refractivity contribution in [3.8, 4) is 0 Å². The van der Waals surface area contributed by atoms with E-state index in [1.807, 2.05) is 0 Å². The lowest BCUT2D eigenvalue weighted by Gasteiger charge is -2.40. The van der Waals surface area contributed by atoms with Gasteiger partial charge in [0.25, 0.3) is 0 Å². The van der Waals surface area contributed by atoms with Crippen LogP contribution in [-0.2, 0) is 14.2 Å². The van der Waals surface area contributed by atoms with Crippen LogP contribution in [0.4, 0.5) is 0 Å². The van der Waals surface area contributed by atoms with Crippen molar-refractivity contribution in [1.82, 2.24) is 0 Å². The number of ether oxygens (including phenoxy) is 3. The number of halogens is 1. The van der Waals surface area contributed by atoms with Crippen LogP contribution in [-0.4, -0.2) is 43.5 Å². The van der Waals surface area contributed by atoms with E-state index in [1.165, 1.54) is 0 Å². The second-order valence-electron chi connectivity index (χ2n) is 4.59. The lowest BCUT2D eigenvalue weighted by molar-refractivity contribution is -0.138. The van der Waals surface area contributed by atoms with E-state index >= 15 is 0 Å². The summed E-state index contributed by atoms with van der Waals surface area (Å²) in [6.07, 6.45) is 4.77. The van der Waals surface area contributed by atoms with Gasteiger partial charge < -0.3 is 14.2 Å². The van der Waals surface area contributed by atoms with Gasteiger partial charge in [0.1, 0.15) is 6.10 Å². The van der Waals surface area contributed by atoms with Gasteiger partial charge in [-0.3, -0.25) is 0 Å². The fourth-order valence-corrected chi connectivity index (χ4v) is 2.57. The normalized spacial score (nSPS) is 38.6. The van der Waals surface area contributed by atoms with Crippen molar-refractivity contribution < 1.29 is 14.2 Å². The molecule has 1 aliphatic carbocycles. The smallest absolute Gasteiger partial charge is 0.100 e. The van der Waals surface area contributed by atoms with Gasteiger partial charge in [-0.15, -0.1) is 11.6 Å². The molecule has 1 heterocycles.